The number of hydrogen-bond donors (Lipinski definition) is 0. The van der Waals surface area contributed by atoms with Gasteiger partial charge in [-0.2, -0.15) is 0 Å². The molecule has 0 rings (SSSR count). The van der Waals surface area contributed by atoms with E-state index in [1.165, 1.54) is 238 Å². The van der Waals surface area contributed by atoms with Crippen molar-refractivity contribution in [3.8, 4) is 0 Å². The SMILES string of the molecule is CCCCCCCCCCCCCCCCCCCCCCCCCCCCCCCCC(=O)OCC(COC(=O)CCCCCCCCC)OC(=O)CCCCCCCCCCC. The van der Waals surface area contributed by atoms with Crippen LogP contribution in [0.25, 0.3) is 0 Å². The Morgan fingerprint density at radius 1 is 0.250 bits per heavy atom. The van der Waals surface area contributed by atoms with Crippen LogP contribution >= 0.6 is 0 Å². The third-order valence-electron chi connectivity index (χ3n) is 13.4. The van der Waals surface area contributed by atoms with Crippen molar-refractivity contribution in [1.82, 2.24) is 0 Å². The van der Waals surface area contributed by atoms with Gasteiger partial charge in [-0.15, -0.1) is 0 Å². The van der Waals surface area contributed by atoms with Gasteiger partial charge in [-0.25, -0.2) is 0 Å². The topological polar surface area (TPSA) is 78.9 Å². The number of hydrogen-bond acceptors (Lipinski definition) is 6. The van der Waals surface area contributed by atoms with Gasteiger partial charge in [0.1, 0.15) is 13.2 Å². The number of rotatable bonds is 54. The second-order valence-electron chi connectivity index (χ2n) is 19.9. The van der Waals surface area contributed by atoms with E-state index in [4.69, 9.17) is 14.2 Å². The molecule has 0 amide bonds. The number of esters is 3. The zero-order valence-corrected chi connectivity index (χ0v) is 43.6. The average molecular weight is 906 g/mol. The predicted octanol–water partition coefficient (Wildman–Crippen LogP) is 19.2. The van der Waals surface area contributed by atoms with E-state index in [0.717, 1.165) is 57.8 Å². The van der Waals surface area contributed by atoms with E-state index in [-0.39, 0.29) is 31.1 Å². The Hall–Kier alpha value is -1.59. The molecule has 0 aliphatic carbocycles. The van der Waals surface area contributed by atoms with Crippen LogP contribution in [0.1, 0.15) is 335 Å². The molecule has 6 heteroatoms. The summed E-state index contributed by atoms with van der Waals surface area (Å²) in [7, 11) is 0. The Bertz CT molecular complexity index is 951. The Morgan fingerprint density at radius 2 is 0.422 bits per heavy atom. The molecule has 0 fully saturated rings. The van der Waals surface area contributed by atoms with Crippen LogP contribution in [0.4, 0.5) is 0 Å². The summed E-state index contributed by atoms with van der Waals surface area (Å²) in [6, 6.07) is 0. The first-order valence-corrected chi connectivity index (χ1v) is 29.0. The quantitative estimate of drug-likeness (QED) is 0.0344. The summed E-state index contributed by atoms with van der Waals surface area (Å²) in [6.45, 7) is 6.62. The van der Waals surface area contributed by atoms with Crippen molar-refractivity contribution in [2.24, 2.45) is 0 Å². The molecule has 0 saturated carbocycles. The van der Waals surface area contributed by atoms with E-state index in [1.54, 1.807) is 0 Å². The fourth-order valence-electron chi connectivity index (χ4n) is 8.98. The minimum Gasteiger partial charge on any atom is -0.462 e. The van der Waals surface area contributed by atoms with Crippen LogP contribution in [-0.4, -0.2) is 37.2 Å². The monoisotopic (exact) mass is 905 g/mol. The third-order valence-corrected chi connectivity index (χ3v) is 13.4. The van der Waals surface area contributed by atoms with Gasteiger partial charge in [0.2, 0.25) is 0 Å². The number of carbonyl (C=O) groups is 3. The van der Waals surface area contributed by atoms with E-state index in [0.29, 0.717) is 19.3 Å². The van der Waals surface area contributed by atoms with Crippen LogP contribution in [0.15, 0.2) is 0 Å². The Labute approximate surface area is 399 Å². The van der Waals surface area contributed by atoms with Crippen LogP contribution in [0.3, 0.4) is 0 Å². The average Bonchev–Trinajstić information content (AvgIpc) is 3.29. The minimum absolute atomic E-state index is 0.0629. The first kappa shape index (κ1) is 62.4. The molecule has 0 aromatic carbocycles. The second kappa shape index (κ2) is 54.0. The molecule has 0 N–H and O–H groups in total. The molecule has 1 atom stereocenters. The lowest BCUT2D eigenvalue weighted by molar-refractivity contribution is -0.167. The molecule has 0 radical (unpaired) electrons. The number of ether oxygens (including phenoxy) is 3. The third kappa shape index (κ3) is 51.4. The van der Waals surface area contributed by atoms with Gasteiger partial charge in [0.25, 0.3) is 0 Å². The van der Waals surface area contributed by atoms with Crippen molar-refractivity contribution in [3.63, 3.8) is 0 Å². The first-order chi connectivity index (χ1) is 31.5. The molecule has 0 aliphatic rings. The zero-order valence-electron chi connectivity index (χ0n) is 43.6. The van der Waals surface area contributed by atoms with Gasteiger partial charge in [0.05, 0.1) is 0 Å². The van der Waals surface area contributed by atoms with Crippen LogP contribution in [0.5, 0.6) is 0 Å². The van der Waals surface area contributed by atoms with Gasteiger partial charge in [-0.1, -0.05) is 297 Å². The van der Waals surface area contributed by atoms with Gasteiger partial charge >= 0.3 is 17.9 Å². The predicted molar refractivity (Wildman–Crippen MR) is 275 cm³/mol. The summed E-state index contributed by atoms with van der Waals surface area (Å²) in [5.41, 5.74) is 0. The zero-order chi connectivity index (χ0) is 46.5. The number of unbranched alkanes of at least 4 members (excludes halogenated alkanes) is 43. The molecule has 0 spiro atoms. The molecule has 0 aromatic heterocycles. The van der Waals surface area contributed by atoms with Crippen molar-refractivity contribution in [2.75, 3.05) is 13.2 Å². The maximum atomic E-state index is 12.7. The van der Waals surface area contributed by atoms with Crippen LogP contribution in [0, 0.1) is 0 Å². The fraction of sp³-hybridized carbons (Fsp3) is 0.948. The molecule has 1 unspecified atom stereocenters. The lowest BCUT2D eigenvalue weighted by Crippen LogP contribution is -2.30. The summed E-state index contributed by atoms with van der Waals surface area (Å²) in [4.78, 5) is 37.7. The van der Waals surface area contributed by atoms with Gasteiger partial charge in [0.15, 0.2) is 6.10 Å². The van der Waals surface area contributed by atoms with Crippen LogP contribution < -0.4 is 0 Å². The highest BCUT2D eigenvalue weighted by Gasteiger charge is 2.19. The lowest BCUT2D eigenvalue weighted by Gasteiger charge is -2.18. The minimum atomic E-state index is -0.758. The second-order valence-corrected chi connectivity index (χ2v) is 19.9. The van der Waals surface area contributed by atoms with Gasteiger partial charge in [-0.3, -0.25) is 14.4 Å². The van der Waals surface area contributed by atoms with Crippen molar-refractivity contribution in [2.45, 2.75) is 341 Å². The van der Waals surface area contributed by atoms with Gasteiger partial charge in [0, 0.05) is 19.3 Å². The molecule has 0 saturated heterocycles. The molecule has 0 aliphatic heterocycles. The number of carbonyl (C=O) groups excluding carboxylic acids is 3. The molecule has 0 heterocycles. The first-order valence-electron chi connectivity index (χ1n) is 29.0. The van der Waals surface area contributed by atoms with Crippen molar-refractivity contribution < 1.29 is 28.6 Å². The lowest BCUT2D eigenvalue weighted by atomic mass is 10.0. The van der Waals surface area contributed by atoms with Crippen molar-refractivity contribution in [1.29, 1.82) is 0 Å². The summed E-state index contributed by atoms with van der Waals surface area (Å²) in [6.07, 6.45) is 60.1. The molecular weight excluding hydrogens is 793 g/mol. The van der Waals surface area contributed by atoms with Gasteiger partial charge in [-0.05, 0) is 19.3 Å². The summed E-state index contributed by atoms with van der Waals surface area (Å²) in [5, 5.41) is 0. The molecule has 0 bridgehead atoms. The molecule has 0 aromatic rings. The van der Waals surface area contributed by atoms with E-state index >= 15 is 0 Å². The maximum absolute atomic E-state index is 12.7. The van der Waals surface area contributed by atoms with Crippen molar-refractivity contribution >= 4 is 17.9 Å². The summed E-state index contributed by atoms with van der Waals surface area (Å²) < 4.78 is 16.7. The van der Waals surface area contributed by atoms with E-state index in [1.807, 2.05) is 0 Å². The molecular formula is C58H112O6. The molecule has 6 nitrogen and oxygen atoms in total. The Kier molecular flexibility index (Phi) is 52.7. The van der Waals surface area contributed by atoms with Gasteiger partial charge < -0.3 is 14.2 Å². The summed E-state index contributed by atoms with van der Waals surface area (Å²) in [5.74, 6) is -0.853. The molecule has 380 valence electrons. The maximum Gasteiger partial charge on any atom is 0.306 e. The van der Waals surface area contributed by atoms with Crippen molar-refractivity contribution in [3.05, 3.63) is 0 Å². The largest absolute Gasteiger partial charge is 0.462 e. The van der Waals surface area contributed by atoms with Crippen LogP contribution in [0.2, 0.25) is 0 Å². The highest BCUT2D eigenvalue weighted by molar-refractivity contribution is 5.71. The summed E-state index contributed by atoms with van der Waals surface area (Å²) >= 11 is 0. The fourth-order valence-corrected chi connectivity index (χ4v) is 8.98. The van der Waals surface area contributed by atoms with E-state index in [9.17, 15) is 14.4 Å². The smallest absolute Gasteiger partial charge is 0.306 e. The standard InChI is InChI=1S/C58H112O6/c1-4-7-10-13-16-18-19-20-21-22-23-24-25-26-27-28-29-30-31-32-33-34-35-36-37-38-40-42-45-48-51-57(60)63-54-55(53-62-56(59)50-47-44-41-15-12-9-6-3)64-58(61)52-49-46-43-39-17-14-11-8-5-2/h55H,4-54H2,1-3H3. The highest BCUT2D eigenvalue weighted by Crippen LogP contribution is 2.18. The normalized spacial score (nSPS) is 11.9. The Morgan fingerprint density at radius 3 is 0.625 bits per heavy atom. The van der Waals surface area contributed by atoms with E-state index in [2.05, 4.69) is 20.8 Å². The van der Waals surface area contributed by atoms with E-state index < -0.39 is 6.10 Å². The highest BCUT2D eigenvalue weighted by atomic mass is 16.6. The van der Waals surface area contributed by atoms with Crippen LogP contribution in [-0.2, 0) is 28.6 Å². The Balaban J connectivity index is 3.86. The molecule has 64 heavy (non-hydrogen) atoms.